The van der Waals surface area contributed by atoms with Gasteiger partial charge in [0.25, 0.3) is 11.2 Å². The second kappa shape index (κ2) is 7.14. The minimum atomic E-state index is -0.490. The number of likely N-dealkylation sites (N-methyl/N-ethyl adjacent to an activating group) is 1. The lowest BCUT2D eigenvalue weighted by atomic mass is 10.0. The Balaban J connectivity index is 2.22. The minimum absolute atomic E-state index is 0.0742. The van der Waals surface area contributed by atoms with Crippen LogP contribution in [-0.2, 0) is 11.3 Å². The van der Waals surface area contributed by atoms with Gasteiger partial charge < -0.3 is 5.32 Å². The molecule has 0 saturated heterocycles. The summed E-state index contributed by atoms with van der Waals surface area (Å²) in [6.45, 7) is 2.00. The average Bonchev–Trinajstić information content (AvgIpc) is 2.64. The van der Waals surface area contributed by atoms with Gasteiger partial charge in [0.15, 0.2) is 0 Å². The second-order valence-electron chi connectivity index (χ2n) is 5.62. The van der Waals surface area contributed by atoms with Gasteiger partial charge in [-0.05, 0) is 13.0 Å². The largest absolute Gasteiger partial charge is 0.355 e. The monoisotopic (exact) mass is 352 g/mol. The predicted octanol–water partition coefficient (Wildman–Crippen LogP) is 2.11. The average molecular weight is 352 g/mol. The molecule has 3 rings (SSSR count). The van der Waals surface area contributed by atoms with Gasteiger partial charge in [0.05, 0.1) is 16.0 Å². The first-order valence-electron chi connectivity index (χ1n) is 8.02. The minimum Gasteiger partial charge on any atom is -0.355 e. The van der Waals surface area contributed by atoms with Gasteiger partial charge in [-0.3, -0.25) is 19.7 Å². The molecule has 1 N–H and O–H groups in total. The highest BCUT2D eigenvalue weighted by Gasteiger charge is 2.15. The van der Waals surface area contributed by atoms with Crippen LogP contribution in [0.3, 0.4) is 0 Å². The zero-order valence-electron chi connectivity index (χ0n) is 14.0. The van der Waals surface area contributed by atoms with Crippen LogP contribution in [0, 0.1) is 10.1 Å². The number of hydrogen-bond donors (Lipinski definition) is 1. The third kappa shape index (κ3) is 3.30. The topological polar surface area (TPSA) is 107 Å². The summed E-state index contributed by atoms with van der Waals surface area (Å²) in [5.41, 5.74) is 0.448. The van der Waals surface area contributed by atoms with Gasteiger partial charge in [-0.15, -0.1) is 0 Å². The Morgan fingerprint density at radius 1 is 1.19 bits per heavy atom. The van der Waals surface area contributed by atoms with E-state index in [4.69, 9.17) is 0 Å². The van der Waals surface area contributed by atoms with Crippen LogP contribution < -0.4 is 10.9 Å². The molecular formula is C18H16N4O4. The van der Waals surface area contributed by atoms with E-state index in [1.807, 2.05) is 0 Å². The highest BCUT2D eigenvalue weighted by atomic mass is 16.6. The number of nitrogens with one attached hydrogen (secondary N) is 1. The van der Waals surface area contributed by atoms with Crippen molar-refractivity contribution in [2.24, 2.45) is 0 Å². The molecular weight excluding hydrogens is 336 g/mol. The molecule has 0 unspecified atom stereocenters. The van der Waals surface area contributed by atoms with Crippen molar-refractivity contribution < 1.29 is 9.72 Å². The van der Waals surface area contributed by atoms with Crippen molar-refractivity contribution in [2.75, 3.05) is 6.54 Å². The summed E-state index contributed by atoms with van der Waals surface area (Å²) in [6, 6.07) is 12.9. The smallest absolute Gasteiger partial charge is 0.275 e. The Bertz CT molecular complexity index is 1060. The number of carbonyl (C=O) groups is 1. The summed E-state index contributed by atoms with van der Waals surface area (Å²) in [5.74, 6) is -0.331. The third-order valence-corrected chi connectivity index (χ3v) is 3.87. The first-order chi connectivity index (χ1) is 12.5. The van der Waals surface area contributed by atoms with Crippen molar-refractivity contribution in [1.29, 1.82) is 0 Å². The lowest BCUT2D eigenvalue weighted by Crippen LogP contribution is -2.33. The summed E-state index contributed by atoms with van der Waals surface area (Å²) in [5, 5.41) is 19.0. The van der Waals surface area contributed by atoms with Crippen LogP contribution in [0.15, 0.2) is 53.3 Å². The number of nitro benzene ring substituents is 1. The Hall–Kier alpha value is -3.55. The van der Waals surface area contributed by atoms with Gasteiger partial charge in [-0.1, -0.05) is 30.3 Å². The molecule has 3 aromatic rings. The van der Waals surface area contributed by atoms with E-state index in [1.165, 1.54) is 12.1 Å². The van der Waals surface area contributed by atoms with Gasteiger partial charge in [0, 0.05) is 29.6 Å². The van der Waals surface area contributed by atoms with Gasteiger partial charge in [0.1, 0.15) is 6.54 Å². The molecule has 0 aliphatic rings. The second-order valence-corrected chi connectivity index (χ2v) is 5.62. The predicted molar refractivity (Wildman–Crippen MR) is 96.8 cm³/mol. The maximum Gasteiger partial charge on any atom is 0.275 e. The zero-order chi connectivity index (χ0) is 18.7. The van der Waals surface area contributed by atoms with Crippen molar-refractivity contribution in [3.63, 3.8) is 0 Å². The summed E-state index contributed by atoms with van der Waals surface area (Å²) in [7, 11) is 0. The lowest BCUT2D eigenvalue weighted by molar-refractivity contribution is -0.384. The molecule has 132 valence electrons. The van der Waals surface area contributed by atoms with Crippen LogP contribution in [0.1, 0.15) is 6.92 Å². The van der Waals surface area contributed by atoms with E-state index in [-0.39, 0.29) is 23.7 Å². The molecule has 1 amide bonds. The van der Waals surface area contributed by atoms with Gasteiger partial charge in [-0.2, -0.15) is 5.10 Å². The number of non-ortho nitro benzene ring substituents is 1. The fraction of sp³-hybridized carbons (Fsp3) is 0.167. The number of rotatable bonds is 5. The molecule has 1 aromatic heterocycles. The number of fused-ring (bicyclic) bond motifs is 1. The summed E-state index contributed by atoms with van der Waals surface area (Å²) in [6.07, 6.45) is 0. The van der Waals surface area contributed by atoms with Crippen LogP contribution >= 0.6 is 0 Å². The number of benzene rings is 2. The van der Waals surface area contributed by atoms with Gasteiger partial charge >= 0.3 is 0 Å². The van der Waals surface area contributed by atoms with E-state index >= 15 is 0 Å². The number of amides is 1. The summed E-state index contributed by atoms with van der Waals surface area (Å²) >= 11 is 0. The summed E-state index contributed by atoms with van der Waals surface area (Å²) in [4.78, 5) is 35.1. The number of carbonyl (C=O) groups excluding carboxylic acids is 1. The molecule has 8 heteroatoms. The van der Waals surface area contributed by atoms with E-state index in [1.54, 1.807) is 43.3 Å². The number of hydrogen-bond acceptors (Lipinski definition) is 5. The molecule has 0 radical (unpaired) electrons. The zero-order valence-corrected chi connectivity index (χ0v) is 14.0. The third-order valence-electron chi connectivity index (χ3n) is 3.87. The molecule has 0 aliphatic heterocycles. The quantitative estimate of drug-likeness (QED) is 0.559. The number of nitrogens with zero attached hydrogens (tertiary/aromatic N) is 3. The Morgan fingerprint density at radius 3 is 2.62 bits per heavy atom. The van der Waals surface area contributed by atoms with E-state index in [0.717, 1.165) is 4.68 Å². The van der Waals surface area contributed by atoms with Crippen LogP contribution in [-0.4, -0.2) is 27.2 Å². The van der Waals surface area contributed by atoms with Crippen LogP contribution in [0.5, 0.6) is 0 Å². The van der Waals surface area contributed by atoms with E-state index in [2.05, 4.69) is 10.4 Å². The van der Waals surface area contributed by atoms with Crippen LogP contribution in [0.25, 0.3) is 22.0 Å². The van der Waals surface area contributed by atoms with Gasteiger partial charge in [-0.25, -0.2) is 4.68 Å². The van der Waals surface area contributed by atoms with Crippen molar-refractivity contribution in [3.8, 4) is 11.3 Å². The Labute approximate surface area is 148 Å². The molecule has 0 aliphatic carbocycles. The van der Waals surface area contributed by atoms with Gasteiger partial charge in [0.2, 0.25) is 5.91 Å². The molecule has 0 atom stereocenters. The van der Waals surface area contributed by atoms with Crippen molar-refractivity contribution in [1.82, 2.24) is 15.1 Å². The Kier molecular flexibility index (Phi) is 4.74. The van der Waals surface area contributed by atoms with Crippen molar-refractivity contribution in [2.45, 2.75) is 13.5 Å². The first kappa shape index (κ1) is 17.3. The SMILES string of the molecule is CCNC(=O)Cn1nc(-c2cccc([N+](=O)[O-])c2)c2ccccc2c1=O. The van der Waals surface area contributed by atoms with E-state index in [9.17, 15) is 19.7 Å². The standard InChI is InChI=1S/C18H16N4O4/c1-2-19-16(23)11-21-18(24)15-9-4-3-8-14(15)17(20-21)12-6-5-7-13(10-12)22(25)26/h3-10H,2,11H2,1H3,(H,19,23). The summed E-state index contributed by atoms with van der Waals surface area (Å²) < 4.78 is 1.08. The van der Waals surface area contributed by atoms with E-state index < -0.39 is 4.92 Å². The molecule has 0 saturated carbocycles. The first-order valence-corrected chi connectivity index (χ1v) is 8.02. The molecule has 0 fully saturated rings. The van der Waals surface area contributed by atoms with Crippen molar-refractivity contribution in [3.05, 3.63) is 69.0 Å². The normalized spacial score (nSPS) is 10.7. The molecule has 8 nitrogen and oxygen atoms in total. The molecule has 26 heavy (non-hydrogen) atoms. The lowest BCUT2D eigenvalue weighted by Gasteiger charge is -2.11. The van der Waals surface area contributed by atoms with Crippen LogP contribution in [0.4, 0.5) is 5.69 Å². The fourth-order valence-corrected chi connectivity index (χ4v) is 2.71. The van der Waals surface area contributed by atoms with Crippen LogP contribution in [0.2, 0.25) is 0 Å². The number of nitro groups is 1. The van der Waals surface area contributed by atoms with Crippen molar-refractivity contribution >= 4 is 22.4 Å². The molecule has 0 bridgehead atoms. The fourth-order valence-electron chi connectivity index (χ4n) is 2.71. The highest BCUT2D eigenvalue weighted by molar-refractivity contribution is 5.94. The van der Waals surface area contributed by atoms with E-state index in [0.29, 0.717) is 28.6 Å². The molecule has 0 spiro atoms. The molecule has 2 aromatic carbocycles. The Morgan fingerprint density at radius 2 is 1.92 bits per heavy atom. The maximum atomic E-state index is 12.6. The highest BCUT2D eigenvalue weighted by Crippen LogP contribution is 2.27. The molecule has 1 heterocycles. The number of aromatic nitrogens is 2. The maximum absolute atomic E-state index is 12.6.